The van der Waals surface area contributed by atoms with Gasteiger partial charge in [-0.2, -0.15) is 0 Å². The maximum atomic E-state index is 12.3. The first-order valence-electron chi connectivity index (χ1n) is 7.16. The van der Waals surface area contributed by atoms with Crippen LogP contribution in [0.15, 0.2) is 29.2 Å². The number of benzene rings is 1. The second-order valence-electron chi connectivity index (χ2n) is 5.39. The lowest BCUT2D eigenvalue weighted by atomic mass is 10.3. The molecule has 1 fully saturated rings. The third kappa shape index (κ3) is 4.28. The van der Waals surface area contributed by atoms with E-state index in [0.717, 1.165) is 44.0 Å². The Balaban J connectivity index is 1.99. The largest absolute Gasteiger partial charge is 0.455 e. The van der Waals surface area contributed by atoms with Crippen LogP contribution in [-0.2, 0) is 24.2 Å². The van der Waals surface area contributed by atoms with Crippen LogP contribution in [0.5, 0.6) is 0 Å². The van der Waals surface area contributed by atoms with Gasteiger partial charge in [0, 0.05) is 18.2 Å². The number of esters is 1. The molecular formula is C14H16N2O7S. The summed E-state index contributed by atoms with van der Waals surface area (Å²) in [6, 6.07) is 4.29. The number of amides is 1. The normalized spacial score (nSPS) is 15.4. The van der Waals surface area contributed by atoms with E-state index in [1.54, 1.807) is 0 Å². The molecule has 0 spiro atoms. The Morgan fingerprint density at radius 1 is 1.33 bits per heavy atom. The molecule has 0 bridgehead atoms. The van der Waals surface area contributed by atoms with Crippen LogP contribution in [0.4, 0.5) is 5.69 Å². The van der Waals surface area contributed by atoms with E-state index in [0.29, 0.717) is 0 Å². The van der Waals surface area contributed by atoms with E-state index in [9.17, 15) is 28.1 Å². The molecule has 1 saturated carbocycles. The second-order valence-corrected chi connectivity index (χ2v) is 7.66. The summed E-state index contributed by atoms with van der Waals surface area (Å²) in [6.45, 7) is 0.591. The van der Waals surface area contributed by atoms with Gasteiger partial charge in [-0.3, -0.25) is 19.7 Å². The molecule has 0 heterocycles. The average Bonchev–Trinajstić information content (AvgIpc) is 3.35. The van der Waals surface area contributed by atoms with E-state index in [-0.39, 0.29) is 16.6 Å². The van der Waals surface area contributed by atoms with Gasteiger partial charge in [0.15, 0.2) is 21.7 Å². The summed E-state index contributed by atoms with van der Waals surface area (Å²) < 4.78 is 29.4. The predicted octanol–water partition coefficient (Wildman–Crippen LogP) is 0.579. The first kappa shape index (κ1) is 17.9. The average molecular weight is 356 g/mol. The minimum absolute atomic E-state index is 0.109. The van der Waals surface area contributed by atoms with Crippen molar-refractivity contribution in [2.45, 2.75) is 36.0 Å². The zero-order valence-corrected chi connectivity index (χ0v) is 13.6. The molecule has 9 nitrogen and oxygen atoms in total. The lowest BCUT2D eigenvalue weighted by molar-refractivity contribution is -0.384. The van der Waals surface area contributed by atoms with Crippen molar-refractivity contribution in [3.8, 4) is 0 Å². The lowest BCUT2D eigenvalue weighted by Crippen LogP contribution is -2.34. The minimum atomic E-state index is -4.07. The third-order valence-corrected chi connectivity index (χ3v) is 5.51. The fraction of sp³-hybridized carbons (Fsp3) is 0.429. The maximum Gasteiger partial charge on any atom is 0.324 e. The molecule has 1 N–H and O–H groups in total. The molecule has 0 saturated heterocycles. The van der Waals surface area contributed by atoms with E-state index in [1.165, 1.54) is 0 Å². The fourth-order valence-corrected chi connectivity index (χ4v) is 3.08. The van der Waals surface area contributed by atoms with Crippen LogP contribution in [0, 0.1) is 10.1 Å². The van der Waals surface area contributed by atoms with E-state index < -0.39 is 38.5 Å². The molecule has 1 aliphatic rings. The number of carbonyl (C=O) groups is 2. The number of carbonyl (C=O) groups excluding carboxylic acids is 2. The summed E-state index contributed by atoms with van der Waals surface area (Å²) in [6.07, 6.45) is 1.76. The summed E-state index contributed by atoms with van der Waals surface area (Å²) in [5.41, 5.74) is -0.263. The number of non-ortho nitro benzene ring substituents is 1. The maximum absolute atomic E-state index is 12.3. The van der Waals surface area contributed by atoms with Gasteiger partial charge >= 0.3 is 5.97 Å². The van der Waals surface area contributed by atoms with Gasteiger partial charge < -0.3 is 10.1 Å². The van der Waals surface area contributed by atoms with E-state index in [2.05, 4.69) is 5.32 Å². The van der Waals surface area contributed by atoms with Crippen molar-refractivity contribution in [1.82, 2.24) is 5.32 Å². The monoisotopic (exact) mass is 356 g/mol. The highest BCUT2D eigenvalue weighted by Gasteiger charge is 2.32. The van der Waals surface area contributed by atoms with Gasteiger partial charge in [-0.15, -0.1) is 0 Å². The Labute approximate surface area is 138 Å². The molecule has 10 heteroatoms. The first-order chi connectivity index (χ1) is 11.2. The van der Waals surface area contributed by atoms with Gasteiger partial charge in [0.1, 0.15) is 0 Å². The number of hydrogen-bond donors (Lipinski definition) is 1. The molecule has 0 aromatic heterocycles. The van der Waals surface area contributed by atoms with Crippen molar-refractivity contribution in [1.29, 1.82) is 0 Å². The van der Waals surface area contributed by atoms with Gasteiger partial charge in [-0.1, -0.05) is 0 Å². The van der Waals surface area contributed by atoms with Crippen molar-refractivity contribution in [2.75, 3.05) is 6.61 Å². The molecule has 2 rings (SSSR count). The fourth-order valence-electron chi connectivity index (χ4n) is 1.84. The van der Waals surface area contributed by atoms with Crippen molar-refractivity contribution in [3.05, 3.63) is 34.4 Å². The molecule has 1 amide bonds. The van der Waals surface area contributed by atoms with Crippen LogP contribution >= 0.6 is 0 Å². The molecule has 1 aliphatic carbocycles. The highest BCUT2D eigenvalue weighted by molar-refractivity contribution is 7.92. The van der Waals surface area contributed by atoms with Crippen molar-refractivity contribution >= 4 is 27.4 Å². The molecule has 24 heavy (non-hydrogen) atoms. The molecule has 1 aromatic carbocycles. The van der Waals surface area contributed by atoms with E-state index >= 15 is 0 Å². The molecule has 130 valence electrons. The zero-order valence-electron chi connectivity index (χ0n) is 12.8. The van der Waals surface area contributed by atoms with Crippen LogP contribution in [0.3, 0.4) is 0 Å². The number of nitro groups is 1. The van der Waals surface area contributed by atoms with E-state index in [1.807, 2.05) is 0 Å². The van der Waals surface area contributed by atoms with Crippen LogP contribution in [0.2, 0.25) is 0 Å². The summed E-state index contributed by atoms with van der Waals surface area (Å²) in [5.74, 6) is -1.54. The zero-order chi connectivity index (χ0) is 17.9. The molecule has 1 aromatic rings. The van der Waals surface area contributed by atoms with E-state index in [4.69, 9.17) is 4.74 Å². The van der Waals surface area contributed by atoms with Crippen LogP contribution in [0.1, 0.15) is 19.8 Å². The topological polar surface area (TPSA) is 133 Å². The second kappa shape index (κ2) is 6.95. The summed E-state index contributed by atoms with van der Waals surface area (Å²) in [7, 11) is -4.07. The highest BCUT2D eigenvalue weighted by atomic mass is 32.2. The molecule has 1 atom stereocenters. The lowest BCUT2D eigenvalue weighted by Gasteiger charge is -2.12. The van der Waals surface area contributed by atoms with Gasteiger partial charge in [-0.05, 0) is 31.9 Å². The summed E-state index contributed by atoms with van der Waals surface area (Å²) in [4.78, 5) is 33.0. The number of nitrogens with zero attached hydrogens (tertiary/aromatic N) is 1. The summed E-state index contributed by atoms with van der Waals surface area (Å²) >= 11 is 0. The molecule has 0 radical (unpaired) electrons. The smallest absolute Gasteiger partial charge is 0.324 e. The molecular weight excluding hydrogens is 340 g/mol. The van der Waals surface area contributed by atoms with Gasteiger partial charge in [0.05, 0.1) is 9.82 Å². The van der Waals surface area contributed by atoms with Gasteiger partial charge in [0.25, 0.3) is 11.6 Å². The number of nitrogens with one attached hydrogen (secondary N) is 1. The van der Waals surface area contributed by atoms with Crippen LogP contribution in [-0.4, -0.2) is 43.1 Å². The Morgan fingerprint density at radius 2 is 1.92 bits per heavy atom. The Hall–Kier alpha value is -2.49. The Kier molecular flexibility index (Phi) is 5.17. The molecule has 0 aliphatic heterocycles. The quantitative estimate of drug-likeness (QED) is 0.429. The highest BCUT2D eigenvalue weighted by Crippen LogP contribution is 2.21. The Morgan fingerprint density at radius 3 is 2.42 bits per heavy atom. The SMILES string of the molecule is C[C@@H](C(=O)OCC(=O)NC1CC1)S(=O)(=O)c1ccc([N+](=O)[O-])cc1. The number of rotatable bonds is 7. The van der Waals surface area contributed by atoms with Crippen LogP contribution in [0.25, 0.3) is 0 Å². The predicted molar refractivity (Wildman–Crippen MR) is 81.9 cm³/mol. The van der Waals surface area contributed by atoms with Crippen molar-refractivity contribution < 1.29 is 27.7 Å². The minimum Gasteiger partial charge on any atom is -0.455 e. The van der Waals surface area contributed by atoms with Gasteiger partial charge in [0.2, 0.25) is 0 Å². The standard InChI is InChI=1S/C14H16N2O7S/c1-9(14(18)23-8-13(17)15-10-2-3-10)24(21,22)12-6-4-11(5-7-12)16(19)20/h4-7,9-10H,2-3,8H2,1H3,(H,15,17)/t9-/m0/s1. The summed E-state index contributed by atoms with van der Waals surface area (Å²) in [5, 5.41) is 11.6. The molecule has 0 unspecified atom stereocenters. The van der Waals surface area contributed by atoms with Crippen LogP contribution < -0.4 is 5.32 Å². The number of hydrogen-bond acceptors (Lipinski definition) is 7. The number of ether oxygens (including phenoxy) is 1. The number of nitro benzene ring substituents is 1. The van der Waals surface area contributed by atoms with Gasteiger partial charge in [-0.25, -0.2) is 8.42 Å². The first-order valence-corrected chi connectivity index (χ1v) is 8.71. The van der Waals surface area contributed by atoms with Crippen molar-refractivity contribution in [2.24, 2.45) is 0 Å². The number of sulfone groups is 1. The Bertz CT molecular complexity index is 754. The third-order valence-electron chi connectivity index (χ3n) is 3.46. The van der Waals surface area contributed by atoms with Crippen molar-refractivity contribution in [3.63, 3.8) is 0 Å².